The predicted octanol–water partition coefficient (Wildman–Crippen LogP) is 2.23. The molecule has 0 spiro atoms. The molecule has 0 aromatic rings. The quantitative estimate of drug-likeness (QED) is 0.590. The molecule has 12 heavy (non-hydrogen) atoms. The van der Waals surface area contributed by atoms with Crippen LogP contribution in [0.2, 0.25) is 0 Å². The van der Waals surface area contributed by atoms with Crippen molar-refractivity contribution in [2.75, 3.05) is 0 Å². The molecule has 3 heteroatoms. The van der Waals surface area contributed by atoms with Crippen molar-refractivity contribution in [2.24, 2.45) is 0 Å². The Hall–Kier alpha value is -0.0151. The van der Waals surface area contributed by atoms with Gasteiger partial charge in [-0.25, -0.2) is 0 Å². The third kappa shape index (κ3) is 1.67. The first-order chi connectivity index (χ1) is 5.39. The van der Waals surface area contributed by atoms with Gasteiger partial charge in [-0.05, 0) is 34.0 Å². The molecule has 0 aliphatic carbocycles. The highest BCUT2D eigenvalue weighted by molar-refractivity contribution is 6.49. The largest absolute Gasteiger partial charge is 0.460 e. The molecule has 0 unspecified atom stereocenters. The zero-order valence-corrected chi connectivity index (χ0v) is 8.68. The molecule has 0 aromatic carbocycles. The molecule has 1 rings (SSSR count). The first-order valence-corrected chi connectivity index (χ1v) is 4.58. The lowest BCUT2D eigenvalue weighted by atomic mass is 9.84. The van der Waals surface area contributed by atoms with Gasteiger partial charge in [0.15, 0.2) is 0 Å². The molecule has 1 radical (unpaired) electrons. The minimum absolute atomic E-state index is 0.125. The lowest BCUT2D eigenvalue weighted by Crippen LogP contribution is -2.41. The Morgan fingerprint density at radius 1 is 1.08 bits per heavy atom. The highest BCUT2D eigenvalue weighted by atomic mass is 16.7. The Balaban J connectivity index is 2.61. The van der Waals surface area contributed by atoms with Gasteiger partial charge in [-0.3, -0.25) is 0 Å². The van der Waals surface area contributed by atoms with Crippen LogP contribution in [-0.4, -0.2) is 18.3 Å². The Morgan fingerprint density at radius 3 is 1.83 bits per heavy atom. The van der Waals surface area contributed by atoms with E-state index in [9.17, 15) is 0 Å². The van der Waals surface area contributed by atoms with Gasteiger partial charge in [0.2, 0.25) is 0 Å². The third-order valence-electron chi connectivity index (χ3n) is 2.70. The molecule has 0 N–H and O–H groups in total. The summed E-state index contributed by atoms with van der Waals surface area (Å²) >= 11 is 0. The zero-order chi connectivity index (χ0) is 9.41. The Bertz CT molecular complexity index is 150. The maximum absolute atomic E-state index is 5.73. The van der Waals surface area contributed by atoms with Crippen LogP contribution in [0.15, 0.2) is 0 Å². The first kappa shape index (κ1) is 10.1. The lowest BCUT2D eigenvalue weighted by molar-refractivity contribution is 0.00578. The van der Waals surface area contributed by atoms with Crippen LogP contribution in [0.3, 0.4) is 0 Å². The number of hydrogen-bond donors (Lipinski definition) is 0. The van der Waals surface area contributed by atoms with Gasteiger partial charge in [0.1, 0.15) is 0 Å². The molecule has 0 aromatic heterocycles. The van der Waals surface area contributed by atoms with Gasteiger partial charge in [0, 0.05) is 0 Å². The van der Waals surface area contributed by atoms with E-state index in [1.54, 1.807) is 0 Å². The van der Waals surface area contributed by atoms with Gasteiger partial charge >= 0.3 is 7.12 Å². The summed E-state index contributed by atoms with van der Waals surface area (Å²) in [6.07, 6.45) is 3.04. The van der Waals surface area contributed by atoms with Crippen molar-refractivity contribution in [1.29, 1.82) is 0 Å². The standard InChI is InChI=1S/C9H18BO2/c1-6-7-10-11-8(2,3)9(4,5)12-10/h7H,6H2,1-5H3. The second-order valence-corrected chi connectivity index (χ2v) is 4.27. The van der Waals surface area contributed by atoms with Crippen molar-refractivity contribution in [1.82, 2.24) is 0 Å². The van der Waals surface area contributed by atoms with Gasteiger partial charge in [-0.2, -0.15) is 0 Å². The van der Waals surface area contributed by atoms with E-state index >= 15 is 0 Å². The van der Waals surface area contributed by atoms with Crippen LogP contribution < -0.4 is 0 Å². The van der Waals surface area contributed by atoms with E-state index in [4.69, 9.17) is 9.31 Å². The van der Waals surface area contributed by atoms with E-state index in [-0.39, 0.29) is 18.3 Å². The van der Waals surface area contributed by atoms with Crippen LogP contribution >= 0.6 is 0 Å². The molecule has 1 aliphatic heterocycles. The lowest BCUT2D eigenvalue weighted by Gasteiger charge is -2.32. The molecule has 0 saturated carbocycles. The van der Waals surface area contributed by atoms with Crippen LogP contribution in [0.25, 0.3) is 0 Å². The maximum Gasteiger partial charge on any atom is 0.460 e. The minimum Gasteiger partial charge on any atom is -0.403 e. The monoisotopic (exact) mass is 169 g/mol. The second kappa shape index (κ2) is 3.04. The van der Waals surface area contributed by atoms with Crippen molar-refractivity contribution < 1.29 is 9.31 Å². The van der Waals surface area contributed by atoms with Crippen molar-refractivity contribution in [3.63, 3.8) is 0 Å². The van der Waals surface area contributed by atoms with E-state index in [1.165, 1.54) is 0 Å². The molecule has 69 valence electrons. The number of hydrogen-bond acceptors (Lipinski definition) is 2. The van der Waals surface area contributed by atoms with Gasteiger partial charge in [0.05, 0.1) is 11.2 Å². The van der Waals surface area contributed by atoms with Crippen molar-refractivity contribution in [3.05, 3.63) is 6.32 Å². The fourth-order valence-corrected chi connectivity index (χ4v) is 1.18. The molecule has 2 nitrogen and oxygen atoms in total. The van der Waals surface area contributed by atoms with E-state index in [0.29, 0.717) is 0 Å². The van der Waals surface area contributed by atoms with Gasteiger partial charge in [-0.15, -0.1) is 0 Å². The molecule has 0 atom stereocenters. The summed E-state index contributed by atoms with van der Waals surface area (Å²) in [4.78, 5) is 0. The van der Waals surface area contributed by atoms with Crippen LogP contribution in [-0.2, 0) is 9.31 Å². The SMILES string of the molecule is CC[CH]B1OC(C)(C)C(C)(C)O1. The summed E-state index contributed by atoms with van der Waals surface area (Å²) in [5.41, 5.74) is -0.382. The van der Waals surface area contributed by atoms with Crippen molar-refractivity contribution >= 4 is 7.12 Å². The first-order valence-electron chi connectivity index (χ1n) is 4.58. The Labute approximate surface area is 75.8 Å². The highest BCUT2D eigenvalue weighted by Gasteiger charge is 2.50. The molecule has 0 amide bonds. The summed E-state index contributed by atoms with van der Waals surface area (Å²) in [6, 6.07) is 0. The number of rotatable bonds is 2. The van der Waals surface area contributed by atoms with Crippen molar-refractivity contribution in [2.45, 2.75) is 52.2 Å². The van der Waals surface area contributed by atoms with Gasteiger partial charge < -0.3 is 9.31 Å². The van der Waals surface area contributed by atoms with E-state index in [0.717, 1.165) is 6.42 Å². The summed E-state index contributed by atoms with van der Waals surface area (Å²) in [5.74, 6) is 0. The van der Waals surface area contributed by atoms with E-state index < -0.39 is 0 Å². The van der Waals surface area contributed by atoms with E-state index in [2.05, 4.69) is 40.9 Å². The molecular formula is C9H18BO2. The third-order valence-corrected chi connectivity index (χ3v) is 2.70. The topological polar surface area (TPSA) is 18.5 Å². The maximum atomic E-state index is 5.73. The van der Waals surface area contributed by atoms with Crippen LogP contribution in [0, 0.1) is 6.32 Å². The van der Waals surface area contributed by atoms with Crippen LogP contribution in [0.5, 0.6) is 0 Å². The summed E-state index contributed by atoms with van der Waals surface area (Å²) in [6.45, 7) is 10.4. The predicted molar refractivity (Wildman–Crippen MR) is 50.7 cm³/mol. The average molecular weight is 169 g/mol. The average Bonchev–Trinajstić information content (AvgIpc) is 2.02. The molecule has 0 bridgehead atoms. The van der Waals surface area contributed by atoms with Gasteiger partial charge in [-0.1, -0.05) is 13.3 Å². The highest BCUT2D eigenvalue weighted by Crippen LogP contribution is 2.37. The van der Waals surface area contributed by atoms with E-state index in [1.807, 2.05) is 0 Å². The molecule has 1 fully saturated rings. The summed E-state index contributed by atoms with van der Waals surface area (Å²) in [7, 11) is -0.125. The van der Waals surface area contributed by atoms with Gasteiger partial charge in [0.25, 0.3) is 0 Å². The fraction of sp³-hybridized carbons (Fsp3) is 0.889. The zero-order valence-electron chi connectivity index (χ0n) is 8.68. The molecular weight excluding hydrogens is 151 g/mol. The molecule has 1 heterocycles. The smallest absolute Gasteiger partial charge is 0.403 e. The normalized spacial score (nSPS) is 26.2. The minimum atomic E-state index is -0.191. The van der Waals surface area contributed by atoms with Crippen molar-refractivity contribution in [3.8, 4) is 0 Å². The summed E-state index contributed by atoms with van der Waals surface area (Å²) in [5, 5.41) is 0. The Morgan fingerprint density at radius 2 is 1.50 bits per heavy atom. The summed E-state index contributed by atoms with van der Waals surface area (Å²) < 4.78 is 11.5. The molecule has 1 saturated heterocycles. The fourth-order valence-electron chi connectivity index (χ4n) is 1.18. The second-order valence-electron chi connectivity index (χ2n) is 4.27. The van der Waals surface area contributed by atoms with Crippen LogP contribution in [0.1, 0.15) is 41.0 Å². The Kier molecular flexibility index (Phi) is 2.55. The van der Waals surface area contributed by atoms with Crippen LogP contribution in [0.4, 0.5) is 0 Å². The molecule has 1 aliphatic rings.